The summed E-state index contributed by atoms with van der Waals surface area (Å²) >= 11 is 5.97. The molecule has 13 heteroatoms. The third kappa shape index (κ3) is 5.34. The summed E-state index contributed by atoms with van der Waals surface area (Å²) in [6, 6.07) is 15.4. The SMILES string of the molecule is CC.Cc1ccc(C2=C3C(=O)NC(c4ccc(-c5ccc(C6=C7C(=O)NC(c8ccc(C)s8)=C7C(=O)N6C)s5)s4)=C3C(=O)[N-]2)s1.[Cs+]. The molecule has 46 heavy (non-hydrogen) atoms. The molecule has 2 N–H and O–H groups in total. The molecule has 4 aliphatic heterocycles. The first-order valence-corrected chi connectivity index (χ1v) is 17.4. The average Bonchev–Trinajstić information content (AvgIpc) is 3.85. The van der Waals surface area contributed by atoms with Gasteiger partial charge in [0.1, 0.15) is 0 Å². The zero-order valence-electron chi connectivity index (χ0n) is 25.8. The molecular formula is C33H25CsN4O4S4. The Morgan fingerprint density at radius 3 is 1.67 bits per heavy atom. The number of aryl methyl sites for hydroxylation is 2. The van der Waals surface area contributed by atoms with Crippen molar-refractivity contribution < 1.29 is 88.1 Å². The Kier molecular flexibility index (Phi) is 9.46. The minimum atomic E-state index is -0.420. The molecule has 4 aromatic heterocycles. The Labute approximate surface area is 340 Å². The molecule has 0 fully saturated rings. The molecular weight excluding hydrogens is 778 g/mol. The second-order valence-electron chi connectivity index (χ2n) is 10.3. The van der Waals surface area contributed by atoms with Crippen molar-refractivity contribution in [2.75, 3.05) is 7.05 Å². The number of amides is 4. The minimum absolute atomic E-state index is 0. The Morgan fingerprint density at radius 2 is 1.07 bits per heavy atom. The van der Waals surface area contributed by atoms with E-state index in [4.69, 9.17) is 0 Å². The number of likely N-dealkylation sites (N-methyl/N-ethyl adjacent to an activating group) is 1. The third-order valence-corrected chi connectivity index (χ3v) is 12.0. The second-order valence-corrected chi connectivity index (χ2v) is 15.0. The van der Waals surface area contributed by atoms with Crippen LogP contribution in [0.4, 0.5) is 0 Å². The van der Waals surface area contributed by atoms with Gasteiger partial charge in [-0.05, 0) is 62.4 Å². The van der Waals surface area contributed by atoms with E-state index in [0.717, 1.165) is 39.0 Å². The molecule has 4 amide bonds. The number of rotatable bonds is 5. The van der Waals surface area contributed by atoms with Gasteiger partial charge >= 0.3 is 68.9 Å². The van der Waals surface area contributed by atoms with Crippen molar-refractivity contribution in [2.45, 2.75) is 27.7 Å². The van der Waals surface area contributed by atoms with E-state index in [0.29, 0.717) is 45.1 Å². The molecule has 0 radical (unpaired) electrons. The average molecular weight is 803 g/mol. The van der Waals surface area contributed by atoms with Gasteiger partial charge in [-0.1, -0.05) is 13.8 Å². The van der Waals surface area contributed by atoms with Gasteiger partial charge in [0, 0.05) is 42.6 Å². The number of nitrogens with one attached hydrogen (secondary N) is 2. The summed E-state index contributed by atoms with van der Waals surface area (Å²) in [4.78, 5) is 61.3. The molecule has 8 heterocycles. The fourth-order valence-electron chi connectivity index (χ4n) is 5.65. The molecule has 0 spiro atoms. The summed E-state index contributed by atoms with van der Waals surface area (Å²) in [5.74, 6) is -1.24. The molecule has 0 bridgehead atoms. The van der Waals surface area contributed by atoms with Crippen LogP contribution in [-0.2, 0) is 19.2 Å². The standard InChI is InChI=1S/C31H20N4O4S4.C2H6.Cs/c1-12-4-6-16(40-12)24-20-21(29(37)32-24)25(33-28(20)36)18-10-8-14(42-18)15-9-11-19(43-15)27-23-22(31(39)35(27)3)26(34-30(23)38)17-7-5-13(2)41-17;1-2;/h4-11H,1-3H3,(H3,32,33,34,36,37,38,39);1-2H3;/q;;+1/p-1. The molecule has 4 aliphatic rings. The van der Waals surface area contributed by atoms with E-state index >= 15 is 0 Å². The molecule has 0 atom stereocenters. The van der Waals surface area contributed by atoms with E-state index in [1.54, 1.807) is 11.9 Å². The van der Waals surface area contributed by atoms with Crippen molar-refractivity contribution in [3.8, 4) is 9.75 Å². The number of carbonyl (C=O) groups is 4. The Balaban J connectivity index is 0.00000122. The van der Waals surface area contributed by atoms with Gasteiger partial charge in [0.05, 0.1) is 48.8 Å². The fraction of sp³-hybridized carbons (Fsp3) is 0.152. The van der Waals surface area contributed by atoms with Gasteiger partial charge < -0.3 is 25.6 Å². The van der Waals surface area contributed by atoms with Crippen LogP contribution in [0.1, 0.15) is 43.1 Å². The maximum absolute atomic E-state index is 13.4. The molecule has 0 saturated carbocycles. The van der Waals surface area contributed by atoms with Gasteiger partial charge in [-0.25, -0.2) is 0 Å². The summed E-state index contributed by atoms with van der Waals surface area (Å²) in [6.07, 6.45) is 0. The first-order valence-electron chi connectivity index (χ1n) is 14.2. The predicted molar refractivity (Wildman–Crippen MR) is 182 cm³/mol. The van der Waals surface area contributed by atoms with E-state index in [9.17, 15) is 19.2 Å². The Bertz CT molecular complexity index is 2140. The van der Waals surface area contributed by atoms with Crippen molar-refractivity contribution in [2.24, 2.45) is 0 Å². The van der Waals surface area contributed by atoms with E-state index in [1.165, 1.54) is 45.3 Å². The van der Waals surface area contributed by atoms with Crippen molar-refractivity contribution >= 4 is 91.8 Å². The molecule has 8 nitrogen and oxygen atoms in total. The third-order valence-electron chi connectivity index (χ3n) is 7.58. The summed E-state index contributed by atoms with van der Waals surface area (Å²) in [5.41, 5.74) is 3.51. The maximum atomic E-state index is 13.4. The number of fused-ring (bicyclic) bond motifs is 2. The van der Waals surface area contributed by atoms with Gasteiger partial charge in [-0.15, -0.1) is 51.0 Å². The number of hydrogen-bond acceptors (Lipinski definition) is 8. The minimum Gasteiger partial charge on any atom is -0.621 e. The van der Waals surface area contributed by atoms with Crippen LogP contribution in [0.2, 0.25) is 0 Å². The smallest absolute Gasteiger partial charge is 0.621 e. The zero-order chi connectivity index (χ0) is 31.7. The predicted octanol–water partition coefficient (Wildman–Crippen LogP) is 4.14. The van der Waals surface area contributed by atoms with Gasteiger partial charge in [0.2, 0.25) is 0 Å². The number of nitrogens with zero attached hydrogens (tertiary/aromatic N) is 2. The molecule has 0 aromatic carbocycles. The van der Waals surface area contributed by atoms with Gasteiger partial charge in [0.15, 0.2) is 0 Å². The fourth-order valence-corrected chi connectivity index (χ4v) is 9.59. The van der Waals surface area contributed by atoms with E-state index < -0.39 is 5.91 Å². The van der Waals surface area contributed by atoms with Crippen LogP contribution in [0.3, 0.4) is 0 Å². The number of hydrogen-bond donors (Lipinski definition) is 2. The molecule has 4 aromatic rings. The van der Waals surface area contributed by atoms with Crippen LogP contribution in [0.5, 0.6) is 0 Å². The Morgan fingerprint density at radius 1 is 0.587 bits per heavy atom. The maximum Gasteiger partial charge on any atom is 1.00 e. The van der Waals surface area contributed by atoms with Crippen molar-refractivity contribution in [1.29, 1.82) is 0 Å². The molecule has 8 rings (SSSR count). The van der Waals surface area contributed by atoms with Crippen molar-refractivity contribution in [3.63, 3.8) is 0 Å². The molecule has 0 saturated heterocycles. The summed E-state index contributed by atoms with van der Waals surface area (Å²) < 4.78 is 0. The summed E-state index contributed by atoms with van der Waals surface area (Å²) in [6.45, 7) is 7.96. The van der Waals surface area contributed by atoms with Crippen LogP contribution >= 0.6 is 45.3 Å². The van der Waals surface area contributed by atoms with Crippen LogP contribution in [0.15, 0.2) is 70.8 Å². The molecule has 226 valence electrons. The summed E-state index contributed by atoms with van der Waals surface area (Å²) in [5, 5.41) is 10.1. The summed E-state index contributed by atoms with van der Waals surface area (Å²) in [7, 11) is 1.69. The van der Waals surface area contributed by atoms with E-state index in [2.05, 4.69) is 16.0 Å². The second kappa shape index (κ2) is 13.0. The van der Waals surface area contributed by atoms with E-state index in [1.807, 2.05) is 76.2 Å². The monoisotopic (exact) mass is 802 g/mol. The number of thiophene rings is 4. The topological polar surface area (TPSA) is 110 Å². The Hall–Kier alpha value is -2.31. The van der Waals surface area contributed by atoms with E-state index in [-0.39, 0.29) is 86.6 Å². The number of carbonyl (C=O) groups excluding carboxylic acids is 4. The largest absolute Gasteiger partial charge is 1.00 e. The van der Waals surface area contributed by atoms with Gasteiger partial charge in [-0.3, -0.25) is 14.4 Å². The van der Waals surface area contributed by atoms with Crippen LogP contribution < -0.4 is 79.5 Å². The van der Waals surface area contributed by atoms with Gasteiger partial charge in [0.25, 0.3) is 17.7 Å². The quantitative estimate of drug-likeness (QED) is 0.317. The first-order chi connectivity index (χ1) is 21.7. The molecule has 0 aliphatic carbocycles. The van der Waals surface area contributed by atoms with Crippen molar-refractivity contribution in [1.82, 2.24) is 15.5 Å². The normalized spacial score (nSPS) is 16.9. The van der Waals surface area contributed by atoms with Crippen LogP contribution in [-0.4, -0.2) is 35.6 Å². The van der Waals surface area contributed by atoms with Crippen LogP contribution in [0.25, 0.3) is 37.9 Å². The van der Waals surface area contributed by atoms with Crippen LogP contribution in [0, 0.1) is 13.8 Å². The zero-order valence-corrected chi connectivity index (χ0v) is 35.3. The molecule has 0 unspecified atom stereocenters. The van der Waals surface area contributed by atoms with Gasteiger partial charge in [-0.2, -0.15) is 0 Å². The first kappa shape index (κ1) is 33.6. The van der Waals surface area contributed by atoms with Crippen molar-refractivity contribution in [3.05, 3.63) is 105 Å².